The highest BCUT2D eigenvalue weighted by molar-refractivity contribution is 7.91. The van der Waals surface area contributed by atoms with Crippen LogP contribution in [0.15, 0.2) is 44.8 Å². The highest BCUT2D eigenvalue weighted by Gasteiger charge is 2.21. The van der Waals surface area contributed by atoms with Gasteiger partial charge in [0.2, 0.25) is 9.84 Å². The average molecular weight is 289 g/mol. The summed E-state index contributed by atoms with van der Waals surface area (Å²) < 4.78 is 24.5. The summed E-state index contributed by atoms with van der Waals surface area (Å²) in [5.41, 5.74) is 0.421. The predicted octanol–water partition coefficient (Wildman–Crippen LogP) is 2.73. The predicted molar refractivity (Wildman–Crippen MR) is 67.1 cm³/mol. The van der Waals surface area contributed by atoms with Crippen LogP contribution in [0.5, 0.6) is 0 Å². The Morgan fingerprint density at radius 1 is 1.18 bits per heavy atom. The van der Waals surface area contributed by atoms with Crippen molar-refractivity contribution in [2.45, 2.75) is 16.4 Å². The summed E-state index contributed by atoms with van der Waals surface area (Å²) in [4.78, 5) is 0.335. The number of aliphatic hydroxyl groups is 1. The van der Waals surface area contributed by atoms with Crippen LogP contribution in [0, 0.1) is 0 Å². The Morgan fingerprint density at radius 3 is 2.41 bits per heavy atom. The first-order valence-electron chi connectivity index (χ1n) is 4.72. The van der Waals surface area contributed by atoms with Gasteiger partial charge in [0.15, 0.2) is 0 Å². The Balaban J connectivity index is 2.54. The van der Waals surface area contributed by atoms with Crippen LogP contribution in [0.2, 0.25) is 5.02 Å². The lowest BCUT2D eigenvalue weighted by atomic mass is 10.4. The van der Waals surface area contributed by atoms with Gasteiger partial charge in [0, 0.05) is 16.0 Å². The van der Waals surface area contributed by atoms with Crippen LogP contribution in [0.1, 0.15) is 5.56 Å². The second-order valence-electron chi connectivity index (χ2n) is 3.38. The first kappa shape index (κ1) is 12.6. The van der Waals surface area contributed by atoms with E-state index in [4.69, 9.17) is 16.7 Å². The van der Waals surface area contributed by atoms with Gasteiger partial charge < -0.3 is 5.11 Å². The molecule has 0 unspecified atom stereocenters. The molecule has 0 bridgehead atoms. The zero-order chi connectivity index (χ0) is 12.5. The zero-order valence-electron chi connectivity index (χ0n) is 8.63. The van der Waals surface area contributed by atoms with Crippen LogP contribution < -0.4 is 0 Å². The van der Waals surface area contributed by atoms with Crippen molar-refractivity contribution in [2.24, 2.45) is 0 Å². The molecule has 0 aliphatic carbocycles. The van der Waals surface area contributed by atoms with Crippen LogP contribution >= 0.6 is 22.9 Å². The van der Waals surface area contributed by atoms with Gasteiger partial charge >= 0.3 is 0 Å². The molecule has 17 heavy (non-hydrogen) atoms. The lowest BCUT2D eigenvalue weighted by molar-refractivity contribution is 0.279. The standard InChI is InChI=1S/C11H9ClO3S2/c12-9-1-3-10(4-2-9)17(14,15)11-7-16-6-8(11)5-13/h1-4,6-7,13H,5H2. The Labute approximate surface area is 108 Å². The molecule has 0 saturated carbocycles. The molecule has 0 aliphatic rings. The molecule has 0 spiro atoms. The summed E-state index contributed by atoms with van der Waals surface area (Å²) in [6, 6.07) is 5.96. The van der Waals surface area contributed by atoms with Gasteiger partial charge in [-0.15, -0.1) is 0 Å². The molecule has 0 aliphatic heterocycles. The Hall–Kier alpha value is -0.880. The van der Waals surface area contributed by atoms with E-state index in [1.165, 1.54) is 41.0 Å². The fraction of sp³-hybridized carbons (Fsp3) is 0.0909. The van der Waals surface area contributed by atoms with Crippen molar-refractivity contribution in [3.05, 3.63) is 45.6 Å². The second kappa shape index (κ2) is 4.78. The Kier molecular flexibility index (Phi) is 3.53. The molecule has 0 radical (unpaired) electrons. The summed E-state index contributed by atoms with van der Waals surface area (Å²) in [5, 5.41) is 12.7. The third-order valence-corrected chi connectivity index (χ3v) is 5.33. The molecule has 3 nitrogen and oxygen atoms in total. The van der Waals surface area contributed by atoms with E-state index < -0.39 is 9.84 Å². The first-order valence-corrected chi connectivity index (χ1v) is 7.52. The third kappa shape index (κ3) is 2.37. The third-order valence-electron chi connectivity index (χ3n) is 2.29. The van der Waals surface area contributed by atoms with Gasteiger partial charge in [-0.3, -0.25) is 0 Å². The minimum Gasteiger partial charge on any atom is -0.392 e. The van der Waals surface area contributed by atoms with Crippen molar-refractivity contribution < 1.29 is 13.5 Å². The van der Waals surface area contributed by atoms with Crippen molar-refractivity contribution >= 4 is 32.8 Å². The number of thiophene rings is 1. The minimum absolute atomic E-state index is 0.160. The van der Waals surface area contributed by atoms with Crippen LogP contribution in [0.25, 0.3) is 0 Å². The molecule has 90 valence electrons. The summed E-state index contributed by atoms with van der Waals surface area (Å²) in [6.07, 6.45) is 0. The van der Waals surface area contributed by atoms with Gasteiger partial charge in [-0.1, -0.05) is 11.6 Å². The monoisotopic (exact) mass is 288 g/mol. The minimum atomic E-state index is -3.56. The summed E-state index contributed by atoms with van der Waals surface area (Å²) in [6.45, 7) is -0.286. The van der Waals surface area contributed by atoms with Gasteiger partial charge in [-0.05, 0) is 29.6 Å². The molecule has 0 atom stereocenters. The van der Waals surface area contributed by atoms with E-state index >= 15 is 0 Å². The molecule has 0 saturated heterocycles. The molecule has 2 rings (SSSR count). The summed E-state index contributed by atoms with van der Waals surface area (Å²) >= 11 is 6.96. The van der Waals surface area contributed by atoms with E-state index in [9.17, 15) is 8.42 Å². The zero-order valence-corrected chi connectivity index (χ0v) is 11.0. The van der Waals surface area contributed by atoms with Crippen molar-refractivity contribution in [1.82, 2.24) is 0 Å². The van der Waals surface area contributed by atoms with E-state index in [2.05, 4.69) is 0 Å². The largest absolute Gasteiger partial charge is 0.392 e. The number of aliphatic hydroxyl groups excluding tert-OH is 1. The normalized spacial score (nSPS) is 11.6. The smallest absolute Gasteiger partial charge is 0.207 e. The summed E-state index contributed by atoms with van der Waals surface area (Å²) in [7, 11) is -3.56. The first-order chi connectivity index (χ1) is 8.05. The SMILES string of the molecule is O=S(=O)(c1ccc(Cl)cc1)c1cscc1CO. The Bertz CT molecular complexity index is 614. The second-order valence-corrected chi connectivity index (χ2v) is 6.47. The lowest BCUT2D eigenvalue weighted by Crippen LogP contribution is -2.03. The molecule has 2 aromatic rings. The van der Waals surface area contributed by atoms with Crippen molar-refractivity contribution in [1.29, 1.82) is 0 Å². The van der Waals surface area contributed by atoms with Crippen LogP contribution in [0.4, 0.5) is 0 Å². The molecular formula is C11H9ClO3S2. The maximum Gasteiger partial charge on any atom is 0.207 e. The van der Waals surface area contributed by atoms with Gasteiger partial charge in [0.1, 0.15) is 0 Å². The van der Waals surface area contributed by atoms with Gasteiger partial charge in [0.05, 0.1) is 16.4 Å². The highest BCUT2D eigenvalue weighted by Crippen LogP contribution is 2.27. The topological polar surface area (TPSA) is 54.4 Å². The molecule has 1 aromatic carbocycles. The molecule has 1 N–H and O–H groups in total. The van der Waals surface area contributed by atoms with Gasteiger partial charge in [-0.2, -0.15) is 11.3 Å². The van der Waals surface area contributed by atoms with Crippen LogP contribution in [-0.2, 0) is 16.4 Å². The van der Waals surface area contributed by atoms with E-state index in [1.54, 1.807) is 5.38 Å². The van der Waals surface area contributed by atoms with Gasteiger partial charge in [0.25, 0.3) is 0 Å². The van der Waals surface area contributed by atoms with Gasteiger partial charge in [-0.25, -0.2) is 8.42 Å². The molecule has 0 amide bonds. The number of halogens is 1. The molecule has 1 heterocycles. The lowest BCUT2D eigenvalue weighted by Gasteiger charge is -2.04. The Morgan fingerprint density at radius 2 is 1.82 bits per heavy atom. The number of rotatable bonds is 3. The highest BCUT2D eigenvalue weighted by atomic mass is 35.5. The van der Waals surface area contributed by atoms with Crippen molar-refractivity contribution in [2.75, 3.05) is 0 Å². The maximum absolute atomic E-state index is 12.2. The van der Waals surface area contributed by atoms with Crippen LogP contribution in [-0.4, -0.2) is 13.5 Å². The van der Waals surface area contributed by atoms with E-state index in [0.717, 1.165) is 0 Å². The quantitative estimate of drug-likeness (QED) is 0.945. The van der Waals surface area contributed by atoms with Crippen molar-refractivity contribution in [3.8, 4) is 0 Å². The molecule has 0 fully saturated rings. The van der Waals surface area contributed by atoms with Crippen molar-refractivity contribution in [3.63, 3.8) is 0 Å². The van der Waals surface area contributed by atoms with Crippen LogP contribution in [0.3, 0.4) is 0 Å². The maximum atomic E-state index is 12.2. The number of hydrogen-bond acceptors (Lipinski definition) is 4. The molecule has 1 aromatic heterocycles. The van der Waals surface area contributed by atoms with E-state index in [1.807, 2.05) is 0 Å². The average Bonchev–Trinajstić information content (AvgIpc) is 2.78. The molecule has 6 heteroatoms. The fourth-order valence-electron chi connectivity index (χ4n) is 1.40. The fourth-order valence-corrected chi connectivity index (χ4v) is 4.20. The number of sulfone groups is 1. The van der Waals surface area contributed by atoms with E-state index in [-0.39, 0.29) is 16.4 Å². The number of hydrogen-bond donors (Lipinski definition) is 1. The number of benzene rings is 1. The van der Waals surface area contributed by atoms with E-state index in [0.29, 0.717) is 10.6 Å². The molecular weight excluding hydrogens is 280 g/mol. The summed E-state index contributed by atoms with van der Waals surface area (Å²) in [5.74, 6) is 0.